The molecule has 1 aromatic carbocycles. The van der Waals surface area contributed by atoms with Crippen molar-refractivity contribution < 1.29 is 9.53 Å². The second kappa shape index (κ2) is 8.08. The zero-order valence-electron chi connectivity index (χ0n) is 15.6. The monoisotopic (exact) mass is 354 g/mol. The Labute approximate surface area is 154 Å². The van der Waals surface area contributed by atoms with Crippen LogP contribution in [0.1, 0.15) is 13.8 Å². The molecule has 1 amide bonds. The molecule has 1 aliphatic heterocycles. The summed E-state index contributed by atoms with van der Waals surface area (Å²) in [5.41, 5.74) is 2.30. The minimum absolute atomic E-state index is 0.0154. The fourth-order valence-electron chi connectivity index (χ4n) is 2.93. The van der Waals surface area contributed by atoms with Gasteiger partial charge in [-0.2, -0.15) is 0 Å². The highest BCUT2D eigenvalue weighted by Crippen LogP contribution is 2.23. The molecule has 2 aromatic rings. The van der Waals surface area contributed by atoms with E-state index in [1.165, 1.54) is 5.69 Å². The quantitative estimate of drug-likeness (QED) is 0.894. The second-order valence-corrected chi connectivity index (χ2v) is 6.72. The summed E-state index contributed by atoms with van der Waals surface area (Å²) in [6.45, 7) is 7.52. The maximum Gasteiger partial charge on any atom is 0.228 e. The molecule has 0 radical (unpaired) electrons. The van der Waals surface area contributed by atoms with Gasteiger partial charge in [0, 0.05) is 37.8 Å². The van der Waals surface area contributed by atoms with Gasteiger partial charge in [-0.25, -0.2) is 4.98 Å². The summed E-state index contributed by atoms with van der Waals surface area (Å²) in [5.74, 6) is 1.41. The van der Waals surface area contributed by atoms with Gasteiger partial charge in [-0.15, -0.1) is 0 Å². The molecule has 26 heavy (non-hydrogen) atoms. The lowest BCUT2D eigenvalue weighted by Crippen LogP contribution is -2.46. The molecule has 1 aromatic heterocycles. The highest BCUT2D eigenvalue weighted by atomic mass is 16.5. The molecule has 1 saturated heterocycles. The van der Waals surface area contributed by atoms with Crippen LogP contribution in [0, 0.1) is 5.92 Å². The Kier molecular flexibility index (Phi) is 5.61. The molecule has 2 heterocycles. The zero-order chi connectivity index (χ0) is 18.5. The Balaban J connectivity index is 1.56. The van der Waals surface area contributed by atoms with E-state index in [1.54, 1.807) is 7.11 Å². The summed E-state index contributed by atoms with van der Waals surface area (Å²) in [4.78, 5) is 20.8. The van der Waals surface area contributed by atoms with E-state index >= 15 is 0 Å². The molecular formula is C20H26N4O2. The van der Waals surface area contributed by atoms with Crippen LogP contribution in [0.15, 0.2) is 42.6 Å². The summed E-state index contributed by atoms with van der Waals surface area (Å²) in [6, 6.07) is 12.1. The average molecular weight is 354 g/mol. The number of carbonyl (C=O) groups is 1. The van der Waals surface area contributed by atoms with E-state index in [1.807, 2.05) is 44.3 Å². The molecule has 1 fully saturated rings. The second-order valence-electron chi connectivity index (χ2n) is 6.72. The van der Waals surface area contributed by atoms with Crippen LogP contribution in [-0.4, -0.2) is 44.2 Å². The van der Waals surface area contributed by atoms with Crippen molar-refractivity contribution in [2.45, 2.75) is 13.8 Å². The van der Waals surface area contributed by atoms with Crippen molar-refractivity contribution in [2.75, 3.05) is 48.4 Å². The topological polar surface area (TPSA) is 57.7 Å². The van der Waals surface area contributed by atoms with Crippen LogP contribution >= 0.6 is 0 Å². The Morgan fingerprint density at radius 1 is 1.00 bits per heavy atom. The van der Waals surface area contributed by atoms with Crippen LogP contribution < -0.4 is 19.9 Å². The molecule has 6 nitrogen and oxygen atoms in total. The molecule has 0 aliphatic carbocycles. The third-order valence-electron chi connectivity index (χ3n) is 4.61. The van der Waals surface area contributed by atoms with E-state index in [0.717, 1.165) is 37.6 Å². The van der Waals surface area contributed by atoms with Crippen molar-refractivity contribution in [3.63, 3.8) is 0 Å². The minimum Gasteiger partial charge on any atom is -0.497 e. The highest BCUT2D eigenvalue weighted by molar-refractivity contribution is 5.91. The van der Waals surface area contributed by atoms with Crippen molar-refractivity contribution in [2.24, 2.45) is 5.92 Å². The number of carbonyl (C=O) groups excluding carboxylic acids is 1. The van der Waals surface area contributed by atoms with Gasteiger partial charge in [0.2, 0.25) is 5.91 Å². The molecule has 0 atom stereocenters. The number of hydrogen-bond donors (Lipinski definition) is 1. The van der Waals surface area contributed by atoms with Gasteiger partial charge in [0.05, 0.1) is 19.0 Å². The molecule has 0 spiro atoms. The van der Waals surface area contributed by atoms with Crippen molar-refractivity contribution in [1.82, 2.24) is 4.98 Å². The standard InChI is InChI=1S/C20H26N4O2/c1-15(2)20(25)22-19-9-6-17(14-21-19)24-12-10-23(11-13-24)16-4-7-18(26-3)8-5-16/h4-9,14-15H,10-13H2,1-3H3,(H,21,22,25). The molecule has 0 unspecified atom stereocenters. The number of benzene rings is 1. The molecule has 1 aliphatic rings. The Hall–Kier alpha value is -2.76. The van der Waals surface area contributed by atoms with E-state index in [0.29, 0.717) is 5.82 Å². The Morgan fingerprint density at radius 2 is 1.58 bits per heavy atom. The van der Waals surface area contributed by atoms with Crippen molar-refractivity contribution >= 4 is 23.1 Å². The van der Waals surface area contributed by atoms with Gasteiger partial charge in [0.25, 0.3) is 0 Å². The van der Waals surface area contributed by atoms with E-state index in [9.17, 15) is 4.79 Å². The van der Waals surface area contributed by atoms with Gasteiger partial charge in [0.1, 0.15) is 11.6 Å². The molecular weight excluding hydrogens is 328 g/mol. The first-order chi connectivity index (χ1) is 12.6. The molecule has 138 valence electrons. The van der Waals surface area contributed by atoms with E-state index < -0.39 is 0 Å². The van der Waals surface area contributed by atoms with Gasteiger partial charge in [-0.1, -0.05) is 13.8 Å². The summed E-state index contributed by atoms with van der Waals surface area (Å²) in [5, 5.41) is 2.82. The fraction of sp³-hybridized carbons (Fsp3) is 0.400. The lowest BCUT2D eigenvalue weighted by Gasteiger charge is -2.37. The molecule has 1 N–H and O–H groups in total. The molecule has 3 rings (SSSR count). The van der Waals surface area contributed by atoms with Gasteiger partial charge in [-0.3, -0.25) is 4.79 Å². The normalized spacial score (nSPS) is 14.5. The smallest absolute Gasteiger partial charge is 0.228 e. The number of piperazine rings is 1. The first-order valence-corrected chi connectivity index (χ1v) is 8.97. The number of amides is 1. The largest absolute Gasteiger partial charge is 0.497 e. The first kappa shape index (κ1) is 18.0. The predicted molar refractivity (Wildman–Crippen MR) is 105 cm³/mol. The molecule has 0 saturated carbocycles. The van der Waals surface area contributed by atoms with Gasteiger partial charge >= 0.3 is 0 Å². The number of ether oxygens (including phenoxy) is 1. The maximum atomic E-state index is 11.7. The average Bonchev–Trinajstić information content (AvgIpc) is 2.69. The number of pyridine rings is 1. The number of hydrogen-bond acceptors (Lipinski definition) is 5. The molecule has 0 bridgehead atoms. The van der Waals surface area contributed by atoms with Gasteiger partial charge < -0.3 is 19.9 Å². The van der Waals surface area contributed by atoms with Crippen LogP contribution in [-0.2, 0) is 4.79 Å². The lowest BCUT2D eigenvalue weighted by molar-refractivity contribution is -0.118. The third kappa shape index (κ3) is 4.25. The minimum atomic E-state index is -0.0532. The lowest BCUT2D eigenvalue weighted by atomic mass is 10.2. The van der Waals surface area contributed by atoms with Crippen LogP contribution in [0.4, 0.5) is 17.2 Å². The number of nitrogens with one attached hydrogen (secondary N) is 1. The van der Waals surface area contributed by atoms with Crippen LogP contribution in [0.2, 0.25) is 0 Å². The molecule has 6 heteroatoms. The highest BCUT2D eigenvalue weighted by Gasteiger charge is 2.18. The first-order valence-electron chi connectivity index (χ1n) is 8.97. The summed E-state index contributed by atoms with van der Waals surface area (Å²) < 4.78 is 5.22. The number of nitrogens with zero attached hydrogens (tertiary/aromatic N) is 3. The van der Waals surface area contributed by atoms with Gasteiger partial charge in [-0.05, 0) is 36.4 Å². The Morgan fingerprint density at radius 3 is 2.08 bits per heavy atom. The van der Waals surface area contributed by atoms with Crippen molar-refractivity contribution in [3.8, 4) is 5.75 Å². The van der Waals surface area contributed by atoms with E-state index in [2.05, 4.69) is 32.2 Å². The van der Waals surface area contributed by atoms with Crippen molar-refractivity contribution in [1.29, 1.82) is 0 Å². The van der Waals surface area contributed by atoms with Crippen LogP contribution in [0.5, 0.6) is 5.75 Å². The maximum absolute atomic E-state index is 11.7. The third-order valence-corrected chi connectivity index (χ3v) is 4.61. The van der Waals surface area contributed by atoms with Crippen LogP contribution in [0.25, 0.3) is 0 Å². The van der Waals surface area contributed by atoms with E-state index in [4.69, 9.17) is 4.74 Å². The number of aromatic nitrogens is 1. The van der Waals surface area contributed by atoms with Crippen LogP contribution in [0.3, 0.4) is 0 Å². The Bertz CT molecular complexity index is 720. The zero-order valence-corrected chi connectivity index (χ0v) is 15.6. The van der Waals surface area contributed by atoms with Crippen molar-refractivity contribution in [3.05, 3.63) is 42.6 Å². The predicted octanol–water partition coefficient (Wildman–Crippen LogP) is 3.01. The number of methoxy groups -OCH3 is 1. The SMILES string of the molecule is COc1ccc(N2CCN(c3ccc(NC(=O)C(C)C)nc3)CC2)cc1. The summed E-state index contributed by atoms with van der Waals surface area (Å²) in [6.07, 6.45) is 1.83. The van der Waals surface area contributed by atoms with E-state index in [-0.39, 0.29) is 11.8 Å². The number of anilines is 3. The van der Waals surface area contributed by atoms with Gasteiger partial charge in [0.15, 0.2) is 0 Å². The summed E-state index contributed by atoms with van der Waals surface area (Å²) in [7, 11) is 1.68. The summed E-state index contributed by atoms with van der Waals surface area (Å²) >= 11 is 0. The number of rotatable bonds is 5. The fourth-order valence-corrected chi connectivity index (χ4v) is 2.93.